The first-order valence-electron chi connectivity index (χ1n) is 8.44. The van der Waals surface area contributed by atoms with E-state index in [1.54, 1.807) is 0 Å². The SMILES string of the molecule is CC(=O)Nc1ccc(S(=O)(=O)N(C)CC(=O)OCC(=O)N2CCCC2=O)cc1. The number of carbonyl (C=O) groups is 4. The van der Waals surface area contributed by atoms with Gasteiger partial charge in [0.2, 0.25) is 21.8 Å². The molecule has 152 valence electrons. The molecule has 1 aromatic rings. The number of rotatable bonds is 7. The molecule has 2 rings (SSSR count). The van der Waals surface area contributed by atoms with Gasteiger partial charge in [-0.3, -0.25) is 24.1 Å². The minimum atomic E-state index is -3.97. The van der Waals surface area contributed by atoms with Crippen molar-refractivity contribution in [3.05, 3.63) is 24.3 Å². The first kappa shape index (κ1) is 21.5. The molecule has 0 saturated carbocycles. The molecule has 11 heteroatoms. The van der Waals surface area contributed by atoms with Crippen molar-refractivity contribution in [1.82, 2.24) is 9.21 Å². The average Bonchev–Trinajstić information content (AvgIpc) is 3.05. The molecule has 10 nitrogen and oxygen atoms in total. The summed E-state index contributed by atoms with van der Waals surface area (Å²) >= 11 is 0. The number of ether oxygens (including phenoxy) is 1. The second-order valence-electron chi connectivity index (χ2n) is 6.17. The van der Waals surface area contributed by atoms with Gasteiger partial charge in [-0.05, 0) is 30.7 Å². The Kier molecular flexibility index (Phi) is 6.86. The van der Waals surface area contributed by atoms with Crippen molar-refractivity contribution < 1.29 is 32.3 Å². The first-order chi connectivity index (χ1) is 13.1. The van der Waals surface area contributed by atoms with Crippen LogP contribution >= 0.6 is 0 Å². The highest BCUT2D eigenvalue weighted by Crippen LogP contribution is 2.17. The van der Waals surface area contributed by atoms with Crippen molar-refractivity contribution in [1.29, 1.82) is 0 Å². The van der Waals surface area contributed by atoms with Crippen LogP contribution < -0.4 is 5.32 Å². The quantitative estimate of drug-likeness (QED) is 0.623. The molecule has 0 radical (unpaired) electrons. The van der Waals surface area contributed by atoms with Gasteiger partial charge < -0.3 is 10.1 Å². The fourth-order valence-electron chi connectivity index (χ4n) is 2.54. The summed E-state index contributed by atoms with van der Waals surface area (Å²) in [5, 5.41) is 2.52. The molecule has 1 N–H and O–H groups in total. The minimum Gasteiger partial charge on any atom is -0.455 e. The first-order valence-corrected chi connectivity index (χ1v) is 9.88. The molecule has 0 atom stereocenters. The third-order valence-electron chi connectivity index (χ3n) is 3.97. The normalized spacial score (nSPS) is 14.2. The number of nitrogens with one attached hydrogen (secondary N) is 1. The lowest BCUT2D eigenvalue weighted by atomic mass is 10.3. The zero-order chi connectivity index (χ0) is 20.9. The van der Waals surface area contributed by atoms with Crippen molar-refractivity contribution in [2.75, 3.05) is 32.1 Å². The van der Waals surface area contributed by atoms with Gasteiger partial charge in [0.05, 0.1) is 4.90 Å². The van der Waals surface area contributed by atoms with Gasteiger partial charge in [0.25, 0.3) is 5.91 Å². The third kappa shape index (κ3) is 5.36. The summed E-state index contributed by atoms with van der Waals surface area (Å²) in [5.41, 5.74) is 0.434. The van der Waals surface area contributed by atoms with Crippen molar-refractivity contribution >= 4 is 39.4 Å². The van der Waals surface area contributed by atoms with Gasteiger partial charge in [-0.1, -0.05) is 0 Å². The predicted octanol–water partition coefficient (Wildman–Crippen LogP) is -0.0423. The van der Waals surface area contributed by atoms with Crippen molar-refractivity contribution in [3.8, 4) is 0 Å². The Morgan fingerprint density at radius 3 is 2.39 bits per heavy atom. The Labute approximate surface area is 162 Å². The number of hydrogen-bond acceptors (Lipinski definition) is 7. The Morgan fingerprint density at radius 2 is 1.86 bits per heavy atom. The molecule has 0 spiro atoms. The number of hydrogen-bond donors (Lipinski definition) is 1. The van der Waals surface area contributed by atoms with Crippen LogP contribution in [0.25, 0.3) is 0 Å². The summed E-state index contributed by atoms with van der Waals surface area (Å²) in [6.45, 7) is 0.396. The molecule has 0 aliphatic carbocycles. The lowest BCUT2D eigenvalue weighted by molar-refractivity contribution is -0.154. The Morgan fingerprint density at radius 1 is 1.21 bits per heavy atom. The maximum Gasteiger partial charge on any atom is 0.321 e. The van der Waals surface area contributed by atoms with E-state index in [4.69, 9.17) is 4.74 Å². The summed E-state index contributed by atoms with van der Waals surface area (Å²) in [4.78, 5) is 47.1. The summed E-state index contributed by atoms with van der Waals surface area (Å²) in [6, 6.07) is 5.44. The van der Waals surface area contributed by atoms with Crippen molar-refractivity contribution in [2.24, 2.45) is 0 Å². The molecule has 1 aliphatic rings. The van der Waals surface area contributed by atoms with Gasteiger partial charge in [0, 0.05) is 32.6 Å². The van der Waals surface area contributed by atoms with E-state index in [0.717, 1.165) is 9.21 Å². The van der Waals surface area contributed by atoms with Crippen LogP contribution in [0.2, 0.25) is 0 Å². The van der Waals surface area contributed by atoms with Gasteiger partial charge >= 0.3 is 5.97 Å². The zero-order valence-electron chi connectivity index (χ0n) is 15.5. The summed E-state index contributed by atoms with van der Waals surface area (Å²) in [7, 11) is -2.77. The van der Waals surface area contributed by atoms with E-state index in [9.17, 15) is 27.6 Å². The van der Waals surface area contributed by atoms with Gasteiger partial charge in [-0.25, -0.2) is 8.42 Å². The van der Waals surface area contributed by atoms with Crippen LogP contribution in [0, 0.1) is 0 Å². The molecular formula is C17H21N3O7S. The van der Waals surface area contributed by atoms with E-state index in [2.05, 4.69) is 5.32 Å². The number of imide groups is 1. The number of nitrogens with zero attached hydrogens (tertiary/aromatic N) is 2. The number of anilines is 1. The maximum atomic E-state index is 12.5. The molecule has 1 aliphatic heterocycles. The number of sulfonamides is 1. The second-order valence-corrected chi connectivity index (χ2v) is 8.21. The zero-order valence-corrected chi connectivity index (χ0v) is 16.3. The highest BCUT2D eigenvalue weighted by Gasteiger charge is 2.28. The molecule has 0 unspecified atom stereocenters. The highest BCUT2D eigenvalue weighted by atomic mass is 32.2. The van der Waals surface area contributed by atoms with Gasteiger partial charge in [-0.2, -0.15) is 4.31 Å². The van der Waals surface area contributed by atoms with Crippen molar-refractivity contribution in [3.63, 3.8) is 0 Å². The van der Waals surface area contributed by atoms with Crippen LogP contribution in [-0.2, 0) is 33.9 Å². The fraction of sp³-hybridized carbons (Fsp3) is 0.412. The highest BCUT2D eigenvalue weighted by molar-refractivity contribution is 7.89. The van der Waals surface area contributed by atoms with Crippen LogP contribution in [0.1, 0.15) is 19.8 Å². The number of amides is 3. The maximum absolute atomic E-state index is 12.5. The number of likely N-dealkylation sites (tertiary alicyclic amines) is 1. The van der Waals surface area contributed by atoms with Gasteiger partial charge in [-0.15, -0.1) is 0 Å². The molecule has 28 heavy (non-hydrogen) atoms. The topological polar surface area (TPSA) is 130 Å². The van der Waals surface area contributed by atoms with Crippen LogP contribution in [-0.4, -0.2) is 68.1 Å². The average molecular weight is 411 g/mol. The monoisotopic (exact) mass is 411 g/mol. The molecule has 1 fully saturated rings. The van der Waals surface area contributed by atoms with E-state index in [-0.39, 0.29) is 29.7 Å². The lowest BCUT2D eigenvalue weighted by Gasteiger charge is -2.17. The van der Waals surface area contributed by atoms with Crippen LogP contribution in [0.5, 0.6) is 0 Å². The molecule has 1 saturated heterocycles. The molecule has 0 aromatic heterocycles. The Bertz CT molecular complexity index is 881. The lowest BCUT2D eigenvalue weighted by Crippen LogP contribution is -2.37. The van der Waals surface area contributed by atoms with Crippen LogP contribution in [0.3, 0.4) is 0 Å². The number of carbonyl (C=O) groups excluding carboxylic acids is 4. The molecular weight excluding hydrogens is 390 g/mol. The molecule has 0 bridgehead atoms. The standard InChI is InChI=1S/C17H21N3O7S/c1-12(21)18-13-5-7-14(8-6-13)28(25,26)19(2)10-17(24)27-11-16(23)20-9-3-4-15(20)22/h5-8H,3-4,9-11H2,1-2H3,(H,18,21). The number of benzene rings is 1. The van der Waals surface area contributed by atoms with Crippen LogP contribution in [0.4, 0.5) is 5.69 Å². The second kappa shape index (κ2) is 8.93. The fourth-order valence-corrected chi connectivity index (χ4v) is 3.65. The van der Waals surface area contributed by atoms with Crippen LogP contribution in [0.15, 0.2) is 29.2 Å². The van der Waals surface area contributed by atoms with E-state index in [0.29, 0.717) is 12.1 Å². The van der Waals surface area contributed by atoms with Gasteiger partial charge in [0.1, 0.15) is 6.54 Å². The Balaban J connectivity index is 1.91. The van der Waals surface area contributed by atoms with E-state index >= 15 is 0 Å². The number of esters is 1. The largest absolute Gasteiger partial charge is 0.455 e. The number of likely N-dealkylation sites (N-methyl/N-ethyl adjacent to an activating group) is 1. The summed E-state index contributed by atoms with van der Waals surface area (Å²) < 4.78 is 30.6. The molecule has 3 amide bonds. The summed E-state index contributed by atoms with van der Waals surface area (Å²) in [5.74, 6) is -2.15. The van der Waals surface area contributed by atoms with Gasteiger partial charge in [0.15, 0.2) is 6.61 Å². The molecule has 1 aromatic carbocycles. The molecule has 1 heterocycles. The van der Waals surface area contributed by atoms with E-state index in [1.165, 1.54) is 38.2 Å². The van der Waals surface area contributed by atoms with Crippen molar-refractivity contribution in [2.45, 2.75) is 24.7 Å². The Hall–Kier alpha value is -2.79. The van der Waals surface area contributed by atoms with E-state index < -0.39 is 35.1 Å². The third-order valence-corrected chi connectivity index (χ3v) is 5.78. The smallest absolute Gasteiger partial charge is 0.321 e. The summed E-state index contributed by atoms with van der Waals surface area (Å²) in [6.07, 6.45) is 0.849. The predicted molar refractivity (Wildman–Crippen MR) is 97.5 cm³/mol. The van der Waals surface area contributed by atoms with E-state index in [1.807, 2.05) is 0 Å². The minimum absolute atomic E-state index is 0.0735.